The minimum Gasteiger partial charge on any atom is -0.356 e. The van der Waals surface area contributed by atoms with Crippen molar-refractivity contribution >= 4 is 12.6 Å². The molecule has 0 aliphatic heterocycles. The van der Waals surface area contributed by atoms with Crippen LogP contribution in [0.2, 0.25) is 0 Å². The molecule has 0 spiro atoms. The fraction of sp³-hybridized carbons (Fsp3) is 1.00. The maximum absolute atomic E-state index is 5.16. The Morgan fingerprint density at radius 3 is 2.56 bits per heavy atom. The van der Waals surface area contributed by atoms with Crippen LogP contribution in [0.5, 0.6) is 0 Å². The van der Waals surface area contributed by atoms with Crippen LogP contribution in [0.4, 0.5) is 0 Å². The van der Waals surface area contributed by atoms with Crippen LogP contribution in [0.3, 0.4) is 0 Å². The maximum Gasteiger partial charge on any atom is 0.157 e. The highest BCUT2D eigenvalue weighted by atomic mass is 32.1. The molecule has 0 aromatic heterocycles. The molecule has 0 bridgehead atoms. The van der Waals surface area contributed by atoms with E-state index in [1.807, 2.05) is 6.92 Å². The number of ether oxygens (including phenoxy) is 2. The number of methoxy groups -OCH3 is 1. The molecule has 0 amide bonds. The topological polar surface area (TPSA) is 18.5 Å². The second kappa shape index (κ2) is 6.39. The summed E-state index contributed by atoms with van der Waals surface area (Å²) in [5.41, 5.74) is 0. The van der Waals surface area contributed by atoms with Crippen molar-refractivity contribution in [3.05, 3.63) is 0 Å². The normalized spacial score (nSPS) is 13.7. The fourth-order valence-electron chi connectivity index (χ4n) is 0.561. The van der Waals surface area contributed by atoms with Crippen LogP contribution >= 0.6 is 12.6 Å². The van der Waals surface area contributed by atoms with E-state index in [-0.39, 0.29) is 6.29 Å². The Morgan fingerprint density at radius 1 is 1.56 bits per heavy atom. The lowest BCUT2D eigenvalue weighted by molar-refractivity contribution is -0.120. The summed E-state index contributed by atoms with van der Waals surface area (Å²) in [6.45, 7) is 2.65. The van der Waals surface area contributed by atoms with E-state index in [9.17, 15) is 0 Å². The van der Waals surface area contributed by atoms with Gasteiger partial charge in [0.05, 0.1) is 0 Å². The van der Waals surface area contributed by atoms with Crippen molar-refractivity contribution in [3.63, 3.8) is 0 Å². The Bertz CT molecular complexity index is 53.0. The number of hydrogen-bond acceptors (Lipinski definition) is 3. The molecule has 0 fully saturated rings. The van der Waals surface area contributed by atoms with E-state index in [0.717, 1.165) is 12.2 Å². The zero-order valence-corrected chi connectivity index (χ0v) is 6.86. The van der Waals surface area contributed by atoms with Gasteiger partial charge in [0.1, 0.15) is 0 Å². The van der Waals surface area contributed by atoms with Crippen molar-refractivity contribution in [3.8, 4) is 0 Å². The van der Waals surface area contributed by atoms with Crippen molar-refractivity contribution in [2.45, 2.75) is 19.6 Å². The quantitative estimate of drug-likeness (QED) is 0.470. The van der Waals surface area contributed by atoms with E-state index < -0.39 is 0 Å². The molecular formula is C6H14O2S. The van der Waals surface area contributed by atoms with Gasteiger partial charge in [0.15, 0.2) is 6.29 Å². The summed E-state index contributed by atoms with van der Waals surface area (Å²) < 4.78 is 10.1. The molecule has 0 saturated heterocycles. The first-order valence-corrected chi connectivity index (χ1v) is 3.73. The van der Waals surface area contributed by atoms with Gasteiger partial charge < -0.3 is 9.47 Å². The van der Waals surface area contributed by atoms with Crippen molar-refractivity contribution in [1.82, 2.24) is 0 Å². The molecule has 1 atom stereocenters. The standard InChI is InChI=1S/C6H14O2S/c1-3-8-6(7-2)4-5-9/h6,9H,3-5H2,1-2H3. The third-order valence-electron chi connectivity index (χ3n) is 0.980. The van der Waals surface area contributed by atoms with Gasteiger partial charge in [0, 0.05) is 20.1 Å². The summed E-state index contributed by atoms with van der Waals surface area (Å²) in [6, 6.07) is 0. The van der Waals surface area contributed by atoms with E-state index in [0.29, 0.717) is 6.61 Å². The Labute approximate surface area is 61.9 Å². The van der Waals surface area contributed by atoms with Gasteiger partial charge in [-0.2, -0.15) is 12.6 Å². The molecule has 9 heavy (non-hydrogen) atoms. The number of thiol groups is 1. The summed E-state index contributed by atoms with van der Waals surface area (Å²) in [4.78, 5) is 0. The lowest BCUT2D eigenvalue weighted by Gasteiger charge is -2.12. The predicted molar refractivity (Wildman–Crippen MR) is 40.9 cm³/mol. The zero-order valence-electron chi connectivity index (χ0n) is 5.96. The average molecular weight is 150 g/mol. The van der Waals surface area contributed by atoms with E-state index in [4.69, 9.17) is 9.47 Å². The van der Waals surface area contributed by atoms with Crippen LogP contribution < -0.4 is 0 Å². The molecule has 0 aromatic rings. The van der Waals surface area contributed by atoms with E-state index in [1.54, 1.807) is 7.11 Å². The molecule has 0 aliphatic carbocycles. The van der Waals surface area contributed by atoms with Crippen LogP contribution in [-0.2, 0) is 9.47 Å². The smallest absolute Gasteiger partial charge is 0.157 e. The molecule has 0 aliphatic rings. The first kappa shape index (κ1) is 9.27. The van der Waals surface area contributed by atoms with E-state index in [2.05, 4.69) is 12.6 Å². The van der Waals surface area contributed by atoms with Crippen LogP contribution in [0.1, 0.15) is 13.3 Å². The highest BCUT2D eigenvalue weighted by molar-refractivity contribution is 7.80. The van der Waals surface area contributed by atoms with Crippen LogP contribution in [0, 0.1) is 0 Å². The molecular weight excluding hydrogens is 136 g/mol. The Balaban J connectivity index is 3.18. The summed E-state index contributed by atoms with van der Waals surface area (Å²) >= 11 is 4.05. The fourth-order valence-corrected chi connectivity index (χ4v) is 0.771. The third-order valence-corrected chi connectivity index (χ3v) is 1.24. The lowest BCUT2D eigenvalue weighted by Crippen LogP contribution is -2.15. The van der Waals surface area contributed by atoms with Crippen molar-refractivity contribution in [2.24, 2.45) is 0 Å². The Kier molecular flexibility index (Phi) is 6.58. The summed E-state index contributed by atoms with van der Waals surface area (Å²) in [6.07, 6.45) is 0.792. The van der Waals surface area contributed by atoms with Gasteiger partial charge in [-0.3, -0.25) is 0 Å². The van der Waals surface area contributed by atoms with E-state index >= 15 is 0 Å². The van der Waals surface area contributed by atoms with E-state index in [1.165, 1.54) is 0 Å². The molecule has 2 nitrogen and oxygen atoms in total. The minimum atomic E-state index is -0.0625. The average Bonchev–Trinajstić information content (AvgIpc) is 1.88. The second-order valence-corrected chi connectivity index (χ2v) is 2.08. The largest absolute Gasteiger partial charge is 0.356 e. The Morgan fingerprint density at radius 2 is 2.22 bits per heavy atom. The van der Waals surface area contributed by atoms with Gasteiger partial charge in [-0.05, 0) is 12.7 Å². The van der Waals surface area contributed by atoms with Gasteiger partial charge in [-0.1, -0.05) is 0 Å². The molecule has 0 N–H and O–H groups in total. The highest BCUT2D eigenvalue weighted by Gasteiger charge is 2.02. The highest BCUT2D eigenvalue weighted by Crippen LogP contribution is 1.99. The maximum atomic E-state index is 5.16. The van der Waals surface area contributed by atoms with Crippen LogP contribution in [0.15, 0.2) is 0 Å². The summed E-state index contributed by atoms with van der Waals surface area (Å²) in [7, 11) is 1.64. The molecule has 0 radical (unpaired) electrons. The predicted octanol–water partition coefficient (Wildman–Crippen LogP) is 1.32. The molecule has 0 saturated carbocycles. The second-order valence-electron chi connectivity index (χ2n) is 1.63. The SMILES string of the molecule is CCOC(CCS)OC. The van der Waals surface area contributed by atoms with Gasteiger partial charge >= 0.3 is 0 Å². The van der Waals surface area contributed by atoms with Crippen molar-refractivity contribution in [2.75, 3.05) is 19.5 Å². The number of rotatable bonds is 5. The lowest BCUT2D eigenvalue weighted by atomic mass is 10.5. The molecule has 3 heteroatoms. The van der Waals surface area contributed by atoms with Gasteiger partial charge in [0.2, 0.25) is 0 Å². The van der Waals surface area contributed by atoms with Crippen LogP contribution in [0.25, 0.3) is 0 Å². The molecule has 56 valence electrons. The van der Waals surface area contributed by atoms with Crippen molar-refractivity contribution < 1.29 is 9.47 Å². The zero-order chi connectivity index (χ0) is 7.11. The minimum absolute atomic E-state index is 0.0625. The molecule has 0 heterocycles. The molecule has 0 rings (SSSR count). The first-order valence-electron chi connectivity index (χ1n) is 3.10. The van der Waals surface area contributed by atoms with Gasteiger partial charge in [-0.15, -0.1) is 0 Å². The Hall–Kier alpha value is 0.270. The van der Waals surface area contributed by atoms with Gasteiger partial charge in [-0.25, -0.2) is 0 Å². The van der Waals surface area contributed by atoms with Crippen LogP contribution in [-0.4, -0.2) is 25.8 Å². The van der Waals surface area contributed by atoms with Gasteiger partial charge in [0.25, 0.3) is 0 Å². The third kappa shape index (κ3) is 4.75. The monoisotopic (exact) mass is 150 g/mol. The molecule has 0 aromatic carbocycles. The van der Waals surface area contributed by atoms with Crippen molar-refractivity contribution in [1.29, 1.82) is 0 Å². The number of hydrogen-bond donors (Lipinski definition) is 1. The summed E-state index contributed by atoms with van der Waals surface area (Å²) in [5, 5.41) is 0. The summed E-state index contributed by atoms with van der Waals surface area (Å²) in [5.74, 6) is 0.804. The first-order chi connectivity index (χ1) is 4.35. The molecule has 1 unspecified atom stereocenters.